The number of nitrogens with zero attached hydrogens (tertiary/aromatic N) is 4. The highest BCUT2D eigenvalue weighted by atomic mass is 19.3. The molecule has 0 saturated carbocycles. The zero-order valence-corrected chi connectivity index (χ0v) is 11.7. The Balaban J connectivity index is 1.93. The maximum absolute atomic E-state index is 12.2. The fourth-order valence-electron chi connectivity index (χ4n) is 1.97. The molecule has 110 valence electrons. The van der Waals surface area contributed by atoms with Gasteiger partial charge in [-0.2, -0.15) is 10.2 Å². The Morgan fingerprint density at radius 1 is 1.30 bits per heavy atom. The lowest BCUT2D eigenvalue weighted by atomic mass is 10.2. The van der Waals surface area contributed by atoms with Gasteiger partial charge in [0.1, 0.15) is 6.54 Å². The summed E-state index contributed by atoms with van der Waals surface area (Å²) in [5.41, 5.74) is 2.80. The van der Waals surface area contributed by atoms with Gasteiger partial charge in [-0.25, -0.2) is 8.78 Å². The van der Waals surface area contributed by atoms with Crippen molar-refractivity contribution in [2.24, 2.45) is 0 Å². The Kier molecular flexibility index (Phi) is 4.70. The molecule has 0 aliphatic carbocycles. The van der Waals surface area contributed by atoms with Gasteiger partial charge >= 0.3 is 0 Å². The van der Waals surface area contributed by atoms with Gasteiger partial charge in [0.05, 0.1) is 17.6 Å². The average molecular weight is 283 g/mol. The van der Waals surface area contributed by atoms with E-state index in [0.29, 0.717) is 6.54 Å². The van der Waals surface area contributed by atoms with Gasteiger partial charge in [-0.3, -0.25) is 9.36 Å². The van der Waals surface area contributed by atoms with Crippen molar-refractivity contribution in [3.8, 4) is 0 Å². The number of hydrogen-bond donors (Lipinski definition) is 1. The largest absolute Gasteiger partial charge is 0.378 e. The number of aryl methyl sites for hydroxylation is 2. The van der Waals surface area contributed by atoms with Crippen molar-refractivity contribution in [3.63, 3.8) is 0 Å². The van der Waals surface area contributed by atoms with Crippen molar-refractivity contribution in [3.05, 3.63) is 29.8 Å². The Morgan fingerprint density at radius 3 is 2.80 bits per heavy atom. The smallest absolute Gasteiger partial charge is 0.257 e. The minimum atomic E-state index is -2.39. The first kappa shape index (κ1) is 14.5. The Morgan fingerprint density at radius 2 is 2.10 bits per heavy atom. The van der Waals surface area contributed by atoms with E-state index in [2.05, 4.69) is 22.4 Å². The van der Waals surface area contributed by atoms with Gasteiger partial charge in [-0.05, 0) is 13.3 Å². The molecule has 5 nitrogen and oxygen atoms in total. The maximum Gasteiger partial charge on any atom is 0.257 e. The van der Waals surface area contributed by atoms with E-state index in [0.717, 1.165) is 29.9 Å². The van der Waals surface area contributed by atoms with Gasteiger partial charge in [-0.15, -0.1) is 0 Å². The normalized spacial score (nSPS) is 11.2. The second-order valence-corrected chi connectivity index (χ2v) is 4.70. The minimum Gasteiger partial charge on any atom is -0.378 e. The molecular weight excluding hydrogens is 264 g/mol. The molecule has 2 aromatic heterocycles. The van der Waals surface area contributed by atoms with Gasteiger partial charge < -0.3 is 5.32 Å². The summed E-state index contributed by atoms with van der Waals surface area (Å²) in [6.45, 7) is 5.19. The predicted molar refractivity (Wildman–Crippen MR) is 72.8 cm³/mol. The van der Waals surface area contributed by atoms with E-state index < -0.39 is 6.43 Å². The summed E-state index contributed by atoms with van der Waals surface area (Å²) in [5, 5.41) is 11.5. The first-order valence-electron chi connectivity index (χ1n) is 6.66. The number of hydrogen-bond acceptors (Lipinski definition) is 3. The molecule has 0 fully saturated rings. The van der Waals surface area contributed by atoms with Gasteiger partial charge in [0.25, 0.3) is 6.43 Å². The maximum atomic E-state index is 12.2. The van der Waals surface area contributed by atoms with E-state index >= 15 is 0 Å². The Hall–Kier alpha value is -1.92. The Labute approximate surface area is 116 Å². The minimum absolute atomic E-state index is 0.380. The fraction of sp³-hybridized carbons (Fsp3) is 0.538. The molecule has 0 amide bonds. The predicted octanol–water partition coefficient (Wildman–Crippen LogP) is 2.68. The monoisotopic (exact) mass is 283 g/mol. The van der Waals surface area contributed by atoms with E-state index in [4.69, 9.17) is 0 Å². The van der Waals surface area contributed by atoms with Crippen molar-refractivity contribution in [2.45, 2.75) is 46.3 Å². The molecule has 7 heteroatoms. The van der Waals surface area contributed by atoms with Crippen LogP contribution in [0.15, 0.2) is 18.6 Å². The summed E-state index contributed by atoms with van der Waals surface area (Å²) in [5.74, 6) is 0. The summed E-state index contributed by atoms with van der Waals surface area (Å²) in [7, 11) is 0. The van der Waals surface area contributed by atoms with Gasteiger partial charge in [0.15, 0.2) is 0 Å². The molecular formula is C13H19F2N5. The van der Waals surface area contributed by atoms with E-state index in [9.17, 15) is 8.78 Å². The van der Waals surface area contributed by atoms with Crippen LogP contribution in [0.1, 0.15) is 24.6 Å². The van der Waals surface area contributed by atoms with E-state index in [1.807, 2.05) is 17.8 Å². The third-order valence-corrected chi connectivity index (χ3v) is 2.94. The molecule has 2 aromatic rings. The SMILES string of the molecule is CCCn1cc(CNc2cnn(CC(F)F)c2)c(C)n1. The first-order valence-corrected chi connectivity index (χ1v) is 6.66. The van der Waals surface area contributed by atoms with Crippen LogP contribution >= 0.6 is 0 Å². The van der Waals surface area contributed by atoms with E-state index in [-0.39, 0.29) is 6.54 Å². The topological polar surface area (TPSA) is 47.7 Å². The molecule has 0 radical (unpaired) electrons. The lowest BCUT2D eigenvalue weighted by Crippen LogP contribution is -2.06. The molecule has 1 N–H and O–H groups in total. The van der Waals surface area contributed by atoms with Crippen LogP contribution in [0.2, 0.25) is 0 Å². The average Bonchev–Trinajstić information content (AvgIpc) is 2.94. The standard InChI is InChI=1S/C13H19F2N5/c1-3-4-19-7-11(10(2)18-19)5-16-12-6-17-20(8-12)9-13(14)15/h6-8,13,16H,3-5,9H2,1-2H3. The summed E-state index contributed by atoms with van der Waals surface area (Å²) in [6.07, 6.45) is 3.79. The molecule has 2 heterocycles. The molecule has 2 rings (SSSR count). The zero-order chi connectivity index (χ0) is 14.5. The second-order valence-electron chi connectivity index (χ2n) is 4.70. The van der Waals surface area contributed by atoms with Crippen LogP contribution in [0.3, 0.4) is 0 Å². The van der Waals surface area contributed by atoms with Crippen LogP contribution in [-0.4, -0.2) is 26.0 Å². The van der Waals surface area contributed by atoms with Crippen LogP contribution in [0.5, 0.6) is 0 Å². The lowest BCUT2D eigenvalue weighted by Gasteiger charge is -2.02. The van der Waals surface area contributed by atoms with Crippen LogP contribution < -0.4 is 5.32 Å². The molecule has 0 aliphatic heterocycles. The third-order valence-electron chi connectivity index (χ3n) is 2.94. The van der Waals surface area contributed by atoms with Crippen molar-refractivity contribution in [1.29, 1.82) is 0 Å². The van der Waals surface area contributed by atoms with Crippen molar-refractivity contribution in [1.82, 2.24) is 19.6 Å². The number of halogens is 2. The molecule has 0 unspecified atom stereocenters. The molecule has 0 saturated heterocycles. The van der Waals surface area contributed by atoms with Gasteiger partial charge in [-0.1, -0.05) is 6.92 Å². The zero-order valence-electron chi connectivity index (χ0n) is 11.7. The summed E-state index contributed by atoms with van der Waals surface area (Å²) in [4.78, 5) is 0. The van der Waals surface area contributed by atoms with Crippen LogP contribution in [0, 0.1) is 6.92 Å². The Bertz CT molecular complexity index is 547. The summed E-state index contributed by atoms with van der Waals surface area (Å²) >= 11 is 0. The molecule has 0 spiro atoms. The number of rotatable bonds is 7. The highest BCUT2D eigenvalue weighted by Crippen LogP contribution is 2.11. The number of alkyl halides is 2. The first-order chi connectivity index (χ1) is 9.58. The van der Waals surface area contributed by atoms with Crippen molar-refractivity contribution < 1.29 is 8.78 Å². The highest BCUT2D eigenvalue weighted by Gasteiger charge is 2.07. The second kappa shape index (κ2) is 6.49. The fourth-order valence-corrected chi connectivity index (χ4v) is 1.97. The molecule has 0 bridgehead atoms. The van der Waals surface area contributed by atoms with Crippen molar-refractivity contribution in [2.75, 3.05) is 5.32 Å². The summed E-state index contributed by atoms with van der Waals surface area (Å²) in [6, 6.07) is 0. The molecule has 0 aromatic carbocycles. The molecule has 20 heavy (non-hydrogen) atoms. The highest BCUT2D eigenvalue weighted by molar-refractivity contribution is 5.39. The number of anilines is 1. The van der Waals surface area contributed by atoms with Crippen LogP contribution in [-0.2, 0) is 19.6 Å². The molecule has 0 aliphatic rings. The quantitative estimate of drug-likeness (QED) is 0.850. The molecule has 0 atom stereocenters. The van der Waals surface area contributed by atoms with Gasteiger partial charge in [0.2, 0.25) is 0 Å². The number of nitrogens with one attached hydrogen (secondary N) is 1. The van der Waals surface area contributed by atoms with E-state index in [1.165, 1.54) is 4.68 Å². The van der Waals surface area contributed by atoms with E-state index in [1.54, 1.807) is 12.4 Å². The number of aromatic nitrogens is 4. The van der Waals surface area contributed by atoms with Crippen molar-refractivity contribution >= 4 is 5.69 Å². The lowest BCUT2D eigenvalue weighted by molar-refractivity contribution is 0.122. The van der Waals surface area contributed by atoms with Gasteiger partial charge in [0, 0.05) is 31.0 Å². The van der Waals surface area contributed by atoms with Crippen LogP contribution in [0.25, 0.3) is 0 Å². The third kappa shape index (κ3) is 3.79. The summed E-state index contributed by atoms with van der Waals surface area (Å²) < 4.78 is 27.6. The van der Waals surface area contributed by atoms with Crippen LogP contribution in [0.4, 0.5) is 14.5 Å².